The molecule has 2 heterocycles. The summed E-state index contributed by atoms with van der Waals surface area (Å²) in [7, 11) is -4.29. The smallest absolute Gasteiger partial charge is 0.406 e. The first kappa shape index (κ1) is 32.6. The number of aromatic nitrogens is 2. The number of aromatic amines is 1. The Morgan fingerprint density at radius 2 is 1.67 bits per heavy atom. The van der Waals surface area contributed by atoms with Gasteiger partial charge in [0, 0.05) is 32.2 Å². The zero-order valence-corrected chi connectivity index (χ0v) is 24.3. The van der Waals surface area contributed by atoms with Gasteiger partial charge in [0.1, 0.15) is 17.6 Å². The van der Waals surface area contributed by atoms with Crippen LogP contribution in [0.15, 0.2) is 70.4 Å². The number of anilines is 1. The number of hydrogen-bond acceptors (Lipinski definition) is 7. The van der Waals surface area contributed by atoms with Crippen molar-refractivity contribution in [2.75, 3.05) is 24.5 Å². The highest BCUT2D eigenvalue weighted by Gasteiger charge is 2.40. The van der Waals surface area contributed by atoms with Gasteiger partial charge in [-0.25, -0.2) is 13.5 Å². The fraction of sp³-hybridized carbons (Fsp3) is 0.393. The molecule has 0 unspecified atom stereocenters. The first-order valence-corrected chi connectivity index (χ1v) is 14.9. The van der Waals surface area contributed by atoms with Crippen LogP contribution < -0.4 is 20.5 Å². The van der Waals surface area contributed by atoms with Gasteiger partial charge in [-0.15, -0.1) is 13.2 Å². The van der Waals surface area contributed by atoms with E-state index in [1.54, 1.807) is 4.90 Å². The van der Waals surface area contributed by atoms with Crippen molar-refractivity contribution in [3.05, 3.63) is 82.1 Å². The summed E-state index contributed by atoms with van der Waals surface area (Å²) in [6.07, 6.45) is -2.99. The van der Waals surface area contributed by atoms with E-state index in [2.05, 4.69) is 27.2 Å². The van der Waals surface area contributed by atoms with Crippen LogP contribution in [0.3, 0.4) is 0 Å². The van der Waals surface area contributed by atoms with Gasteiger partial charge in [-0.2, -0.15) is 9.40 Å². The van der Waals surface area contributed by atoms with E-state index in [1.807, 2.05) is 38.1 Å². The molecule has 1 aliphatic heterocycles. The molecular formula is C28H34F3N5O5S. The highest BCUT2D eigenvalue weighted by molar-refractivity contribution is 7.89. The van der Waals surface area contributed by atoms with Gasteiger partial charge in [-0.1, -0.05) is 51.5 Å². The van der Waals surface area contributed by atoms with E-state index in [-0.39, 0.29) is 31.1 Å². The highest BCUT2D eigenvalue weighted by Crippen LogP contribution is 2.27. The average molecular weight is 610 g/mol. The monoisotopic (exact) mass is 609 g/mol. The molecule has 1 saturated heterocycles. The fourth-order valence-corrected chi connectivity index (χ4v) is 5.93. The molecule has 2 N–H and O–H groups in total. The lowest BCUT2D eigenvalue weighted by Gasteiger charge is -2.40. The van der Waals surface area contributed by atoms with Gasteiger partial charge in [-0.05, 0) is 47.9 Å². The van der Waals surface area contributed by atoms with Gasteiger partial charge < -0.3 is 15.0 Å². The van der Waals surface area contributed by atoms with E-state index in [4.69, 9.17) is 0 Å². The molecule has 228 valence electrons. The zero-order chi connectivity index (χ0) is 30.9. The van der Waals surface area contributed by atoms with Crippen LogP contribution in [-0.4, -0.2) is 60.9 Å². The molecule has 2 aromatic carbocycles. The van der Waals surface area contributed by atoms with Crippen molar-refractivity contribution >= 4 is 21.7 Å². The van der Waals surface area contributed by atoms with E-state index in [1.165, 1.54) is 12.1 Å². The third kappa shape index (κ3) is 8.55. The molecule has 0 aliphatic carbocycles. The number of halogens is 3. The number of nitrogens with one attached hydrogen (secondary N) is 2. The van der Waals surface area contributed by atoms with Crippen molar-refractivity contribution in [3.63, 3.8) is 0 Å². The fourth-order valence-electron chi connectivity index (χ4n) is 4.36. The zero-order valence-electron chi connectivity index (χ0n) is 23.5. The second-order valence-corrected chi connectivity index (χ2v) is 11.1. The average Bonchev–Trinajstić information content (AvgIpc) is 2.97. The van der Waals surface area contributed by atoms with Crippen LogP contribution in [-0.2, 0) is 27.8 Å². The van der Waals surface area contributed by atoms with E-state index in [0.29, 0.717) is 5.82 Å². The Labute approximate surface area is 242 Å². The Bertz CT molecular complexity index is 1460. The number of carbonyl (C=O) groups excluding carboxylic acids is 1. The molecule has 0 radical (unpaired) electrons. The van der Waals surface area contributed by atoms with Gasteiger partial charge in [0.05, 0.1) is 4.90 Å². The summed E-state index contributed by atoms with van der Waals surface area (Å²) in [5.74, 6) is -0.776. The van der Waals surface area contributed by atoms with Gasteiger partial charge in [0.2, 0.25) is 15.9 Å². The highest BCUT2D eigenvalue weighted by atomic mass is 32.2. The first-order valence-electron chi connectivity index (χ1n) is 13.5. The minimum atomic E-state index is -4.92. The third-order valence-electron chi connectivity index (χ3n) is 6.31. The molecule has 0 saturated carbocycles. The maximum atomic E-state index is 13.6. The first-order chi connectivity index (χ1) is 20.0. The Kier molecular flexibility index (Phi) is 11.1. The summed E-state index contributed by atoms with van der Waals surface area (Å²) in [6, 6.07) is 13.1. The van der Waals surface area contributed by atoms with Crippen molar-refractivity contribution in [3.8, 4) is 5.75 Å². The minimum absolute atomic E-state index is 0.0746. The number of alkyl halides is 3. The summed E-state index contributed by atoms with van der Waals surface area (Å²) >= 11 is 0. The molecule has 0 bridgehead atoms. The Morgan fingerprint density at radius 1 is 1.02 bits per heavy atom. The van der Waals surface area contributed by atoms with Gasteiger partial charge in [0.15, 0.2) is 0 Å². The van der Waals surface area contributed by atoms with E-state index in [0.717, 1.165) is 52.5 Å². The van der Waals surface area contributed by atoms with Crippen LogP contribution in [0.4, 0.5) is 19.0 Å². The number of amides is 1. The number of H-pyrrole nitrogens is 1. The number of nitrogens with zero attached hydrogens (tertiary/aromatic N) is 3. The normalized spacial score (nSPS) is 15.9. The van der Waals surface area contributed by atoms with E-state index >= 15 is 0 Å². The molecular weight excluding hydrogens is 575 g/mol. The molecule has 4 rings (SSSR count). The second kappa shape index (κ2) is 14.3. The molecule has 0 spiro atoms. The maximum Gasteiger partial charge on any atom is 0.573 e. The van der Waals surface area contributed by atoms with Gasteiger partial charge >= 0.3 is 6.36 Å². The molecule has 1 fully saturated rings. The van der Waals surface area contributed by atoms with Crippen LogP contribution in [0.25, 0.3) is 0 Å². The largest absolute Gasteiger partial charge is 0.573 e. The lowest BCUT2D eigenvalue weighted by atomic mass is 10.1. The molecule has 10 nitrogen and oxygen atoms in total. The van der Waals surface area contributed by atoms with Crippen LogP contribution in [0, 0.1) is 0 Å². The molecule has 42 heavy (non-hydrogen) atoms. The predicted octanol–water partition coefficient (Wildman–Crippen LogP) is 3.84. The topological polar surface area (TPSA) is 125 Å². The predicted molar refractivity (Wildman–Crippen MR) is 152 cm³/mol. The number of carbonyl (C=O) groups is 1. The summed E-state index contributed by atoms with van der Waals surface area (Å²) in [6.45, 7) is 6.20. The molecule has 1 atom stereocenters. The number of benzene rings is 2. The van der Waals surface area contributed by atoms with Gasteiger partial charge in [-0.3, -0.25) is 9.59 Å². The maximum absolute atomic E-state index is 13.6. The van der Waals surface area contributed by atoms with Crippen molar-refractivity contribution in [2.45, 2.75) is 57.5 Å². The van der Waals surface area contributed by atoms with Crippen LogP contribution >= 0.6 is 0 Å². The molecule has 1 aromatic heterocycles. The standard InChI is InChI=1S/C26H28F3N5O5S.C2H6/c1-2-3-18-4-6-19(7-5-18)16-30-25(36)22-17-33(23-12-13-24(35)32-31-23)14-15-34(22)40(37,38)21-10-8-20(9-11-21)39-26(27,28)29;1-2/h4-13,22H,2-3,14-17H2,1H3,(H,30,36)(H,32,35);1-2H3/t22-;/m1./s1. The molecule has 3 aromatic rings. The summed E-state index contributed by atoms with van der Waals surface area (Å²) in [5.41, 5.74) is 1.58. The molecule has 1 amide bonds. The number of ether oxygens (including phenoxy) is 1. The Balaban J connectivity index is 0.00000237. The summed E-state index contributed by atoms with van der Waals surface area (Å²) in [5, 5.41) is 9.09. The number of piperazine rings is 1. The molecule has 1 aliphatic rings. The van der Waals surface area contributed by atoms with Crippen molar-refractivity contribution in [1.82, 2.24) is 19.8 Å². The van der Waals surface area contributed by atoms with Crippen LogP contribution in [0.2, 0.25) is 0 Å². The third-order valence-corrected chi connectivity index (χ3v) is 8.24. The van der Waals surface area contributed by atoms with Crippen molar-refractivity contribution in [1.29, 1.82) is 0 Å². The van der Waals surface area contributed by atoms with Crippen molar-refractivity contribution in [2.24, 2.45) is 0 Å². The number of rotatable bonds is 9. The number of aryl methyl sites for hydroxylation is 1. The quantitative estimate of drug-likeness (QED) is 0.378. The Hall–Kier alpha value is -3.91. The van der Waals surface area contributed by atoms with Crippen molar-refractivity contribution < 1.29 is 31.1 Å². The lowest BCUT2D eigenvalue weighted by Crippen LogP contribution is -2.60. The number of sulfonamides is 1. The van der Waals surface area contributed by atoms with E-state index < -0.39 is 39.6 Å². The Morgan fingerprint density at radius 3 is 2.24 bits per heavy atom. The minimum Gasteiger partial charge on any atom is -0.406 e. The summed E-state index contributed by atoms with van der Waals surface area (Å²) < 4.78 is 69.6. The van der Waals surface area contributed by atoms with E-state index in [9.17, 15) is 31.2 Å². The summed E-state index contributed by atoms with van der Waals surface area (Å²) in [4.78, 5) is 26.2. The van der Waals surface area contributed by atoms with Gasteiger partial charge in [0.25, 0.3) is 5.56 Å². The number of hydrogen-bond donors (Lipinski definition) is 2. The van der Waals surface area contributed by atoms with Crippen LogP contribution in [0.5, 0.6) is 5.75 Å². The van der Waals surface area contributed by atoms with Crippen LogP contribution in [0.1, 0.15) is 38.3 Å². The lowest BCUT2D eigenvalue weighted by molar-refractivity contribution is -0.274. The SMILES string of the molecule is CC.CCCc1ccc(CNC(=O)[C@H]2CN(c3ccc(=O)[nH]n3)CCN2S(=O)(=O)c2ccc(OC(F)(F)F)cc2)cc1. The second-order valence-electron chi connectivity index (χ2n) is 9.16. The molecule has 14 heteroatoms.